The number of aromatic carboxylic acids is 1. The van der Waals surface area contributed by atoms with Crippen LogP contribution < -0.4 is 0 Å². The Morgan fingerprint density at radius 1 is 1.26 bits per heavy atom. The van der Waals surface area contributed by atoms with E-state index in [1.165, 1.54) is 12.1 Å². The number of hydrogen-bond acceptors (Lipinski definition) is 3. The number of carboxylic acids is 1. The Balaban J connectivity index is 2.13. The first-order valence-electron chi connectivity index (χ1n) is 5.20. The molecular formula is C12H8F3NO3. The number of oxazole rings is 1. The monoisotopic (exact) mass is 271 g/mol. The fourth-order valence-electron chi connectivity index (χ4n) is 1.48. The Labute approximate surface area is 105 Å². The highest BCUT2D eigenvalue weighted by atomic mass is 19.4. The first-order valence-corrected chi connectivity index (χ1v) is 5.20. The summed E-state index contributed by atoms with van der Waals surface area (Å²) in [6.45, 7) is 0. The first kappa shape index (κ1) is 13.1. The molecule has 2 rings (SSSR count). The van der Waals surface area contributed by atoms with E-state index in [9.17, 15) is 18.0 Å². The van der Waals surface area contributed by atoms with Gasteiger partial charge in [0.2, 0.25) is 5.76 Å². The minimum absolute atomic E-state index is 0.130. The molecule has 0 unspecified atom stereocenters. The minimum Gasteiger partial charge on any atom is -0.475 e. The van der Waals surface area contributed by atoms with Gasteiger partial charge in [-0.15, -0.1) is 0 Å². The highest BCUT2D eigenvalue weighted by Crippen LogP contribution is 2.29. The third-order valence-electron chi connectivity index (χ3n) is 2.40. The third kappa shape index (κ3) is 3.12. The fraction of sp³-hybridized carbons (Fsp3) is 0.167. The molecule has 0 saturated heterocycles. The summed E-state index contributed by atoms with van der Waals surface area (Å²) in [7, 11) is 0. The molecule has 0 saturated carbocycles. The zero-order valence-electron chi connectivity index (χ0n) is 9.44. The molecule has 0 fully saturated rings. The van der Waals surface area contributed by atoms with E-state index >= 15 is 0 Å². The molecule has 0 aliphatic rings. The Hall–Kier alpha value is -2.31. The minimum atomic E-state index is -4.38. The van der Waals surface area contributed by atoms with Crippen LogP contribution in [0.2, 0.25) is 0 Å². The Kier molecular flexibility index (Phi) is 3.28. The van der Waals surface area contributed by atoms with Gasteiger partial charge in [-0.3, -0.25) is 0 Å². The lowest BCUT2D eigenvalue weighted by Crippen LogP contribution is -2.04. The standard InChI is InChI=1S/C12H8F3NO3/c13-12(14,15)8-3-1-7(2-4-8)5-10-16-6-9(19-10)11(17)18/h1-4,6H,5H2,(H,17,18). The molecule has 2 aromatic rings. The number of benzene rings is 1. The van der Waals surface area contributed by atoms with Crippen LogP contribution in [0.15, 0.2) is 34.9 Å². The summed E-state index contributed by atoms with van der Waals surface area (Å²) >= 11 is 0. The van der Waals surface area contributed by atoms with Crippen molar-refractivity contribution in [1.29, 1.82) is 0 Å². The number of aromatic nitrogens is 1. The van der Waals surface area contributed by atoms with Crippen LogP contribution in [-0.4, -0.2) is 16.1 Å². The van der Waals surface area contributed by atoms with E-state index in [0.717, 1.165) is 18.3 Å². The summed E-state index contributed by atoms with van der Waals surface area (Å²) in [5.74, 6) is -1.41. The molecule has 0 spiro atoms. The topological polar surface area (TPSA) is 63.3 Å². The smallest absolute Gasteiger partial charge is 0.416 e. The van der Waals surface area contributed by atoms with E-state index in [2.05, 4.69) is 4.98 Å². The molecule has 7 heteroatoms. The predicted octanol–water partition coefficient (Wildman–Crippen LogP) is 2.98. The Bertz CT molecular complexity index is 587. The first-order chi connectivity index (χ1) is 8.86. The van der Waals surface area contributed by atoms with Gasteiger partial charge in [-0.1, -0.05) is 12.1 Å². The van der Waals surface area contributed by atoms with Crippen LogP contribution >= 0.6 is 0 Å². The number of nitrogens with zero attached hydrogens (tertiary/aromatic N) is 1. The largest absolute Gasteiger partial charge is 0.475 e. The van der Waals surface area contributed by atoms with E-state index < -0.39 is 17.7 Å². The maximum Gasteiger partial charge on any atom is 0.416 e. The van der Waals surface area contributed by atoms with Crippen LogP contribution in [0.5, 0.6) is 0 Å². The van der Waals surface area contributed by atoms with E-state index in [1.807, 2.05) is 0 Å². The lowest BCUT2D eigenvalue weighted by Gasteiger charge is -2.06. The number of halogens is 3. The van der Waals surface area contributed by atoms with Gasteiger partial charge in [0.15, 0.2) is 5.89 Å². The molecule has 1 aromatic heterocycles. The second kappa shape index (κ2) is 4.75. The van der Waals surface area contributed by atoms with E-state index in [1.54, 1.807) is 0 Å². The molecule has 19 heavy (non-hydrogen) atoms. The van der Waals surface area contributed by atoms with Crippen molar-refractivity contribution in [2.24, 2.45) is 0 Å². The van der Waals surface area contributed by atoms with Crippen molar-refractivity contribution in [1.82, 2.24) is 4.98 Å². The average molecular weight is 271 g/mol. The lowest BCUT2D eigenvalue weighted by molar-refractivity contribution is -0.137. The number of carbonyl (C=O) groups is 1. The van der Waals surface area contributed by atoms with Crippen LogP contribution in [-0.2, 0) is 12.6 Å². The van der Waals surface area contributed by atoms with Gasteiger partial charge in [0.05, 0.1) is 11.8 Å². The van der Waals surface area contributed by atoms with E-state index in [0.29, 0.717) is 5.56 Å². The van der Waals surface area contributed by atoms with Crippen molar-refractivity contribution in [2.45, 2.75) is 12.6 Å². The Morgan fingerprint density at radius 2 is 1.89 bits per heavy atom. The molecule has 0 aliphatic heterocycles. The fourth-order valence-corrected chi connectivity index (χ4v) is 1.48. The summed E-state index contributed by atoms with van der Waals surface area (Å²) in [6, 6.07) is 4.51. The Morgan fingerprint density at radius 3 is 2.37 bits per heavy atom. The summed E-state index contributed by atoms with van der Waals surface area (Å²) in [6.07, 6.45) is -3.19. The molecule has 4 nitrogen and oxygen atoms in total. The molecule has 0 aliphatic carbocycles. The van der Waals surface area contributed by atoms with Crippen LogP contribution in [0.1, 0.15) is 27.6 Å². The maximum atomic E-state index is 12.3. The molecule has 100 valence electrons. The van der Waals surface area contributed by atoms with Gasteiger partial charge in [-0.2, -0.15) is 13.2 Å². The summed E-state index contributed by atoms with van der Waals surface area (Å²) in [4.78, 5) is 14.3. The summed E-state index contributed by atoms with van der Waals surface area (Å²) in [5, 5.41) is 8.63. The van der Waals surface area contributed by atoms with Gasteiger partial charge in [-0.05, 0) is 17.7 Å². The van der Waals surface area contributed by atoms with Crippen molar-refractivity contribution in [2.75, 3.05) is 0 Å². The SMILES string of the molecule is O=C(O)c1cnc(Cc2ccc(C(F)(F)F)cc2)o1. The van der Waals surface area contributed by atoms with Gasteiger partial charge in [-0.25, -0.2) is 9.78 Å². The second-order valence-electron chi connectivity index (χ2n) is 3.79. The molecule has 1 N–H and O–H groups in total. The lowest BCUT2D eigenvalue weighted by atomic mass is 10.1. The van der Waals surface area contributed by atoms with Crippen molar-refractivity contribution in [3.63, 3.8) is 0 Å². The molecule has 0 amide bonds. The third-order valence-corrected chi connectivity index (χ3v) is 2.40. The molecule has 1 heterocycles. The van der Waals surface area contributed by atoms with Crippen LogP contribution in [0.4, 0.5) is 13.2 Å². The van der Waals surface area contributed by atoms with Crippen molar-refractivity contribution >= 4 is 5.97 Å². The molecule has 0 bridgehead atoms. The number of alkyl halides is 3. The summed E-state index contributed by atoms with van der Waals surface area (Å²) < 4.78 is 41.9. The number of rotatable bonds is 3. The van der Waals surface area contributed by atoms with Gasteiger partial charge < -0.3 is 9.52 Å². The maximum absolute atomic E-state index is 12.3. The van der Waals surface area contributed by atoms with Gasteiger partial charge >= 0.3 is 12.1 Å². The molecular weight excluding hydrogens is 263 g/mol. The molecule has 1 aromatic carbocycles. The predicted molar refractivity (Wildman–Crippen MR) is 57.7 cm³/mol. The van der Waals surface area contributed by atoms with Gasteiger partial charge in [0.1, 0.15) is 0 Å². The van der Waals surface area contributed by atoms with Crippen LogP contribution in [0, 0.1) is 0 Å². The zero-order chi connectivity index (χ0) is 14.0. The molecule has 0 radical (unpaired) electrons. The number of hydrogen-bond donors (Lipinski definition) is 1. The normalized spacial score (nSPS) is 11.5. The van der Waals surface area contributed by atoms with Crippen molar-refractivity contribution in [3.8, 4) is 0 Å². The van der Waals surface area contributed by atoms with Crippen molar-refractivity contribution < 1.29 is 27.5 Å². The van der Waals surface area contributed by atoms with E-state index in [-0.39, 0.29) is 18.1 Å². The highest BCUT2D eigenvalue weighted by molar-refractivity contribution is 5.83. The van der Waals surface area contributed by atoms with Gasteiger partial charge in [0.25, 0.3) is 0 Å². The average Bonchev–Trinajstić information content (AvgIpc) is 2.77. The molecule has 0 atom stereocenters. The van der Waals surface area contributed by atoms with Crippen LogP contribution in [0.3, 0.4) is 0 Å². The zero-order valence-corrected chi connectivity index (χ0v) is 9.44. The van der Waals surface area contributed by atoms with Crippen LogP contribution in [0.25, 0.3) is 0 Å². The van der Waals surface area contributed by atoms with Crippen molar-refractivity contribution in [3.05, 3.63) is 53.2 Å². The van der Waals surface area contributed by atoms with Gasteiger partial charge in [0, 0.05) is 6.42 Å². The number of carboxylic acid groups (broad SMARTS) is 1. The quantitative estimate of drug-likeness (QED) is 0.932. The van der Waals surface area contributed by atoms with E-state index in [4.69, 9.17) is 9.52 Å². The second-order valence-corrected chi connectivity index (χ2v) is 3.79. The highest BCUT2D eigenvalue weighted by Gasteiger charge is 2.29. The summed E-state index contributed by atoms with van der Waals surface area (Å²) in [5.41, 5.74) is -0.193.